The minimum absolute atomic E-state index is 0.0993. The number of esters is 3. The summed E-state index contributed by atoms with van der Waals surface area (Å²) in [4.78, 5) is 41.6. The fourth-order valence-electron chi connectivity index (χ4n) is 6.53. The lowest BCUT2D eigenvalue weighted by atomic mass is 9.78. The Kier molecular flexibility index (Phi) is 13.2. The van der Waals surface area contributed by atoms with Crippen LogP contribution in [0.15, 0.2) is 36.4 Å². The summed E-state index contributed by atoms with van der Waals surface area (Å²) >= 11 is 0. The van der Waals surface area contributed by atoms with Crippen LogP contribution in [0.4, 0.5) is 0 Å². The second-order valence-corrected chi connectivity index (χ2v) is 21.5. The Morgan fingerprint density at radius 1 is 0.404 bits per heavy atom. The molecule has 0 aliphatic carbocycles. The predicted octanol–water partition coefficient (Wildman–Crippen LogP) is 10.8. The van der Waals surface area contributed by atoms with E-state index in [4.69, 9.17) is 14.2 Å². The maximum atomic E-state index is 14.0. The van der Waals surface area contributed by atoms with Crippen LogP contribution in [0.3, 0.4) is 0 Å². The van der Waals surface area contributed by atoms with E-state index in [0.717, 1.165) is 0 Å². The minimum Gasteiger partial charge on any atom is -0.507 e. The average Bonchev–Trinajstić information content (AvgIpc) is 3.02. The maximum Gasteiger partial charge on any atom is 0.338 e. The van der Waals surface area contributed by atoms with Crippen molar-refractivity contribution in [3.8, 4) is 17.2 Å². The van der Waals surface area contributed by atoms with Gasteiger partial charge in [0.05, 0.1) is 16.7 Å². The number of ether oxygens (including phenoxy) is 3. The van der Waals surface area contributed by atoms with Gasteiger partial charge in [0.1, 0.15) is 30.5 Å². The number of aromatic hydroxyl groups is 3. The van der Waals surface area contributed by atoms with E-state index in [9.17, 15) is 29.7 Å². The van der Waals surface area contributed by atoms with E-state index in [1.165, 1.54) is 0 Å². The predicted molar refractivity (Wildman–Crippen MR) is 226 cm³/mol. The first-order valence-electron chi connectivity index (χ1n) is 19.7. The van der Waals surface area contributed by atoms with Crippen LogP contribution < -0.4 is 0 Å². The first-order chi connectivity index (χ1) is 25.5. The lowest BCUT2D eigenvalue weighted by Gasteiger charge is -2.28. The van der Waals surface area contributed by atoms with E-state index in [-0.39, 0.29) is 33.9 Å². The van der Waals surface area contributed by atoms with E-state index in [2.05, 4.69) is 0 Å². The van der Waals surface area contributed by atoms with Crippen LogP contribution in [0.25, 0.3) is 0 Å². The summed E-state index contributed by atoms with van der Waals surface area (Å²) in [5.74, 6) is -1.86. The molecule has 0 spiro atoms. The van der Waals surface area contributed by atoms with Gasteiger partial charge in [0, 0.05) is 33.4 Å². The highest BCUT2D eigenvalue weighted by Crippen LogP contribution is 2.42. The Labute approximate surface area is 341 Å². The number of hydrogen-bond donors (Lipinski definition) is 3. The van der Waals surface area contributed by atoms with E-state index in [0.29, 0.717) is 33.4 Å². The number of phenolic OH excluding ortho intramolecular Hbond substituents is 3. The van der Waals surface area contributed by atoms with Crippen molar-refractivity contribution in [1.29, 1.82) is 0 Å². The Bertz CT molecular complexity index is 1790. The highest BCUT2D eigenvalue weighted by atomic mass is 16.6. The second kappa shape index (κ2) is 16.0. The highest BCUT2D eigenvalue weighted by molar-refractivity contribution is 5.92. The number of benzene rings is 3. The van der Waals surface area contributed by atoms with Crippen LogP contribution in [0.1, 0.15) is 189 Å². The van der Waals surface area contributed by atoms with Crippen LogP contribution in [-0.4, -0.2) is 52.5 Å². The van der Waals surface area contributed by atoms with Gasteiger partial charge in [-0.3, -0.25) is 0 Å². The van der Waals surface area contributed by atoms with Crippen LogP contribution in [0.5, 0.6) is 17.2 Å². The van der Waals surface area contributed by atoms with Gasteiger partial charge in [0.15, 0.2) is 6.10 Å². The van der Waals surface area contributed by atoms with Crippen molar-refractivity contribution in [1.82, 2.24) is 0 Å². The van der Waals surface area contributed by atoms with E-state index in [1.807, 2.05) is 125 Å². The SMILES string of the molecule is CC(C)(C)c1cc(C(=O)OCC(COC(=O)c2cc(C(C)(C)C)c(O)c(C(C)(C)C)c2)OC(=O)c2cc(C(C)(C)C)c(O)c(C(C)(C)C)c2)cc(C(C)(C)C)c1O. The van der Waals surface area contributed by atoms with Gasteiger partial charge in [-0.15, -0.1) is 0 Å². The van der Waals surface area contributed by atoms with Crippen molar-refractivity contribution in [2.24, 2.45) is 0 Å². The Balaban J connectivity index is 2.09. The van der Waals surface area contributed by atoms with Gasteiger partial charge in [0.25, 0.3) is 0 Å². The Morgan fingerprint density at radius 3 is 0.789 bits per heavy atom. The van der Waals surface area contributed by atoms with Crippen LogP contribution >= 0.6 is 0 Å². The monoisotopic (exact) mass is 788 g/mol. The smallest absolute Gasteiger partial charge is 0.338 e. The van der Waals surface area contributed by atoms with Crippen molar-refractivity contribution in [3.63, 3.8) is 0 Å². The van der Waals surface area contributed by atoms with Gasteiger partial charge < -0.3 is 29.5 Å². The largest absolute Gasteiger partial charge is 0.507 e. The Hall–Kier alpha value is -4.53. The van der Waals surface area contributed by atoms with Crippen molar-refractivity contribution in [3.05, 3.63) is 86.5 Å². The van der Waals surface area contributed by atoms with Crippen molar-refractivity contribution < 1.29 is 43.9 Å². The maximum absolute atomic E-state index is 14.0. The standard InChI is InChI=1S/C48H68O9/c1-43(2,3)31-19-27(20-32(37(31)49)44(4,5)6)40(52)55-25-30(57-42(54)29-23-35(47(13,14)15)39(51)36(24-29)48(16,17)18)26-56-41(53)28-21-33(45(7,8)9)38(50)34(22-28)46(10,11)12/h19-24,30,49-51H,25-26H2,1-18H3. The third-order valence-electron chi connectivity index (χ3n) is 9.96. The fraction of sp³-hybridized carbons (Fsp3) is 0.562. The van der Waals surface area contributed by atoms with Crippen molar-refractivity contribution >= 4 is 17.9 Å². The zero-order chi connectivity index (χ0) is 44.0. The van der Waals surface area contributed by atoms with Gasteiger partial charge in [0.2, 0.25) is 0 Å². The van der Waals surface area contributed by atoms with Crippen molar-refractivity contribution in [2.75, 3.05) is 13.2 Å². The molecule has 57 heavy (non-hydrogen) atoms. The molecule has 9 nitrogen and oxygen atoms in total. The lowest BCUT2D eigenvalue weighted by molar-refractivity contribution is -0.0254. The van der Waals surface area contributed by atoms with E-state index in [1.54, 1.807) is 36.4 Å². The van der Waals surface area contributed by atoms with E-state index < -0.39 is 69.7 Å². The molecule has 0 saturated carbocycles. The van der Waals surface area contributed by atoms with Gasteiger partial charge in [-0.1, -0.05) is 125 Å². The molecule has 0 heterocycles. The lowest BCUT2D eigenvalue weighted by Crippen LogP contribution is -2.31. The summed E-state index contributed by atoms with van der Waals surface area (Å²) in [6.45, 7) is 34.0. The molecule has 0 aromatic heterocycles. The molecule has 0 unspecified atom stereocenters. The Morgan fingerprint density at radius 2 is 0.596 bits per heavy atom. The molecule has 0 aliphatic heterocycles. The fourth-order valence-corrected chi connectivity index (χ4v) is 6.53. The van der Waals surface area contributed by atoms with E-state index >= 15 is 0 Å². The van der Waals surface area contributed by atoms with Crippen LogP contribution in [-0.2, 0) is 46.7 Å². The highest BCUT2D eigenvalue weighted by Gasteiger charge is 2.33. The number of phenols is 3. The van der Waals surface area contributed by atoms with Crippen molar-refractivity contribution in [2.45, 2.75) is 163 Å². The van der Waals surface area contributed by atoms with Gasteiger partial charge in [-0.05, 0) is 68.9 Å². The first kappa shape index (κ1) is 46.8. The molecule has 314 valence electrons. The summed E-state index contributed by atoms with van der Waals surface area (Å²) in [7, 11) is 0. The zero-order valence-electron chi connectivity index (χ0n) is 37.7. The molecule has 0 atom stereocenters. The molecule has 0 bridgehead atoms. The molecular weight excluding hydrogens is 721 g/mol. The minimum atomic E-state index is -1.24. The topological polar surface area (TPSA) is 140 Å². The molecule has 0 fully saturated rings. The summed E-state index contributed by atoms with van der Waals surface area (Å²) in [6.07, 6.45) is -1.24. The third kappa shape index (κ3) is 11.3. The molecule has 0 aliphatic rings. The number of hydrogen-bond acceptors (Lipinski definition) is 9. The molecule has 0 amide bonds. The second-order valence-electron chi connectivity index (χ2n) is 21.5. The van der Waals surface area contributed by atoms with Gasteiger partial charge in [-0.2, -0.15) is 0 Å². The number of carbonyl (C=O) groups is 3. The van der Waals surface area contributed by atoms with Crippen LogP contribution in [0, 0.1) is 0 Å². The molecule has 0 radical (unpaired) electrons. The van der Waals surface area contributed by atoms with Gasteiger partial charge in [-0.25, -0.2) is 14.4 Å². The van der Waals surface area contributed by atoms with Gasteiger partial charge >= 0.3 is 17.9 Å². The molecule has 3 aromatic carbocycles. The summed E-state index contributed by atoms with van der Waals surface area (Å²) < 4.78 is 17.6. The first-order valence-corrected chi connectivity index (χ1v) is 19.7. The molecule has 0 saturated heterocycles. The quantitative estimate of drug-likeness (QED) is 0.150. The molecule has 3 N–H and O–H groups in total. The number of rotatable bonds is 8. The average molecular weight is 789 g/mol. The normalized spacial score (nSPS) is 13.1. The summed E-state index contributed by atoms with van der Waals surface area (Å²) in [6, 6.07) is 9.62. The molecule has 3 rings (SSSR count). The third-order valence-corrected chi connectivity index (χ3v) is 9.96. The van der Waals surface area contributed by atoms with Crippen LogP contribution in [0.2, 0.25) is 0 Å². The molecular formula is C48H68O9. The number of carbonyl (C=O) groups excluding carboxylic acids is 3. The molecule has 3 aromatic rings. The summed E-state index contributed by atoms with van der Waals surface area (Å²) in [5.41, 5.74) is 0.997. The molecule has 9 heteroatoms. The zero-order valence-corrected chi connectivity index (χ0v) is 37.7. The summed E-state index contributed by atoms with van der Waals surface area (Å²) in [5, 5.41) is 33.7.